The third-order valence-electron chi connectivity index (χ3n) is 1.91. The predicted molar refractivity (Wildman–Crippen MR) is 60.9 cm³/mol. The molecule has 0 aliphatic heterocycles. The standard InChI is InChI=1S/C11H15BrO2/c1-2-11(12)14-10-5-3-9(4-6-10)7-8-13/h3-6,11,13H,2,7-8H2,1H3. The van der Waals surface area contributed by atoms with Crippen LogP contribution >= 0.6 is 15.9 Å². The number of rotatable bonds is 5. The van der Waals surface area contributed by atoms with Gasteiger partial charge in [0.05, 0.1) is 0 Å². The molecule has 2 nitrogen and oxygen atoms in total. The molecule has 0 heterocycles. The zero-order valence-corrected chi connectivity index (χ0v) is 9.83. The van der Waals surface area contributed by atoms with Gasteiger partial charge in [-0.15, -0.1) is 0 Å². The molecule has 1 unspecified atom stereocenters. The van der Waals surface area contributed by atoms with Gasteiger partial charge >= 0.3 is 0 Å². The van der Waals surface area contributed by atoms with Gasteiger partial charge in [-0.25, -0.2) is 0 Å². The number of benzene rings is 1. The van der Waals surface area contributed by atoms with Crippen LogP contribution < -0.4 is 4.74 Å². The van der Waals surface area contributed by atoms with Crippen molar-refractivity contribution in [2.45, 2.75) is 24.8 Å². The Hall–Kier alpha value is -0.540. The molecule has 0 saturated heterocycles. The van der Waals surface area contributed by atoms with Crippen molar-refractivity contribution in [3.63, 3.8) is 0 Å². The fourth-order valence-electron chi connectivity index (χ4n) is 1.09. The molecule has 1 aromatic rings. The largest absolute Gasteiger partial charge is 0.479 e. The van der Waals surface area contributed by atoms with E-state index in [1.807, 2.05) is 24.3 Å². The van der Waals surface area contributed by atoms with Crippen LogP contribution in [-0.4, -0.2) is 16.7 Å². The summed E-state index contributed by atoms with van der Waals surface area (Å²) in [6.07, 6.45) is 1.63. The van der Waals surface area contributed by atoms with Crippen LogP contribution in [-0.2, 0) is 6.42 Å². The summed E-state index contributed by atoms with van der Waals surface area (Å²) in [6, 6.07) is 7.80. The van der Waals surface area contributed by atoms with Crippen LogP contribution in [0.15, 0.2) is 24.3 Å². The van der Waals surface area contributed by atoms with Crippen LogP contribution in [0.2, 0.25) is 0 Å². The summed E-state index contributed by atoms with van der Waals surface area (Å²) in [5, 5.41) is 8.81. The minimum Gasteiger partial charge on any atom is -0.479 e. The zero-order chi connectivity index (χ0) is 10.4. The maximum atomic E-state index is 8.73. The second-order valence-corrected chi connectivity index (χ2v) is 4.08. The maximum Gasteiger partial charge on any atom is 0.153 e. The lowest BCUT2D eigenvalue weighted by atomic mass is 10.1. The van der Waals surface area contributed by atoms with E-state index < -0.39 is 0 Å². The van der Waals surface area contributed by atoms with E-state index in [1.54, 1.807) is 0 Å². The van der Waals surface area contributed by atoms with Crippen LogP contribution in [0.3, 0.4) is 0 Å². The van der Waals surface area contributed by atoms with E-state index in [0.717, 1.165) is 17.7 Å². The Kier molecular flexibility index (Phi) is 4.98. The SMILES string of the molecule is CCC(Br)Oc1ccc(CCO)cc1. The monoisotopic (exact) mass is 258 g/mol. The van der Waals surface area contributed by atoms with Gasteiger partial charge in [-0.1, -0.05) is 19.1 Å². The van der Waals surface area contributed by atoms with E-state index in [1.165, 1.54) is 0 Å². The summed E-state index contributed by atoms with van der Waals surface area (Å²) >= 11 is 3.40. The molecule has 1 N–H and O–H groups in total. The Morgan fingerprint density at radius 3 is 2.50 bits per heavy atom. The lowest BCUT2D eigenvalue weighted by Gasteiger charge is -2.10. The Bertz CT molecular complexity index is 258. The summed E-state index contributed by atoms with van der Waals surface area (Å²) < 4.78 is 5.55. The van der Waals surface area contributed by atoms with E-state index in [0.29, 0.717) is 6.42 Å². The Balaban J connectivity index is 2.54. The Labute approximate surface area is 93.0 Å². The van der Waals surface area contributed by atoms with Gasteiger partial charge in [-0.2, -0.15) is 0 Å². The quantitative estimate of drug-likeness (QED) is 0.824. The van der Waals surface area contributed by atoms with Gasteiger partial charge in [0.25, 0.3) is 0 Å². The summed E-state index contributed by atoms with van der Waals surface area (Å²) in [4.78, 5) is 0. The molecule has 14 heavy (non-hydrogen) atoms. The Morgan fingerprint density at radius 1 is 1.36 bits per heavy atom. The topological polar surface area (TPSA) is 29.5 Å². The number of halogens is 1. The first-order valence-corrected chi connectivity index (χ1v) is 5.68. The number of ether oxygens (including phenoxy) is 1. The van der Waals surface area contributed by atoms with Gasteiger partial charge in [0.15, 0.2) is 5.01 Å². The van der Waals surface area contributed by atoms with Gasteiger partial charge in [0, 0.05) is 6.61 Å². The first-order chi connectivity index (χ1) is 6.76. The van der Waals surface area contributed by atoms with Crippen LogP contribution in [0.4, 0.5) is 0 Å². The van der Waals surface area contributed by atoms with E-state index in [2.05, 4.69) is 22.9 Å². The van der Waals surface area contributed by atoms with Gasteiger partial charge in [0.1, 0.15) is 5.75 Å². The molecule has 78 valence electrons. The normalized spacial score (nSPS) is 12.5. The highest BCUT2D eigenvalue weighted by Crippen LogP contribution is 2.17. The summed E-state index contributed by atoms with van der Waals surface area (Å²) in [6.45, 7) is 2.25. The van der Waals surface area contributed by atoms with Crippen molar-refractivity contribution in [3.05, 3.63) is 29.8 Å². The van der Waals surface area contributed by atoms with Gasteiger partial charge < -0.3 is 9.84 Å². The third kappa shape index (κ3) is 3.68. The molecule has 0 radical (unpaired) electrons. The molecule has 3 heteroatoms. The van der Waals surface area contributed by atoms with E-state index >= 15 is 0 Å². The first-order valence-electron chi connectivity index (χ1n) is 4.76. The molecule has 0 spiro atoms. The summed E-state index contributed by atoms with van der Waals surface area (Å²) in [7, 11) is 0. The lowest BCUT2D eigenvalue weighted by molar-refractivity contribution is 0.289. The highest BCUT2D eigenvalue weighted by atomic mass is 79.9. The molecule has 1 atom stereocenters. The van der Waals surface area contributed by atoms with Crippen molar-refractivity contribution in [1.82, 2.24) is 0 Å². The second kappa shape index (κ2) is 6.04. The van der Waals surface area contributed by atoms with Gasteiger partial charge in [0.2, 0.25) is 0 Å². The molecule has 0 amide bonds. The summed E-state index contributed by atoms with van der Waals surface area (Å²) in [5.41, 5.74) is 1.13. The van der Waals surface area contributed by atoms with Crippen molar-refractivity contribution in [3.8, 4) is 5.75 Å². The smallest absolute Gasteiger partial charge is 0.153 e. The van der Waals surface area contributed by atoms with Crippen LogP contribution in [0.5, 0.6) is 5.75 Å². The molecule has 0 aliphatic carbocycles. The van der Waals surface area contributed by atoms with Crippen LogP contribution in [0.1, 0.15) is 18.9 Å². The minimum atomic E-state index is 0.0752. The maximum absolute atomic E-state index is 8.73. The van der Waals surface area contributed by atoms with Gasteiger partial charge in [-0.05, 0) is 46.5 Å². The van der Waals surface area contributed by atoms with E-state index in [4.69, 9.17) is 9.84 Å². The molecule has 1 rings (SSSR count). The molecule has 0 bridgehead atoms. The lowest BCUT2D eigenvalue weighted by Crippen LogP contribution is -2.05. The molecule has 1 aromatic carbocycles. The zero-order valence-electron chi connectivity index (χ0n) is 8.24. The molecule has 0 aromatic heterocycles. The third-order valence-corrected chi connectivity index (χ3v) is 2.74. The number of alkyl halides is 1. The minimum absolute atomic E-state index is 0.0752. The highest BCUT2D eigenvalue weighted by Gasteiger charge is 2.01. The molecule has 0 fully saturated rings. The molecule has 0 saturated carbocycles. The number of aliphatic hydroxyl groups excluding tert-OH is 1. The average Bonchev–Trinajstić information content (AvgIpc) is 2.21. The fraction of sp³-hybridized carbons (Fsp3) is 0.455. The van der Waals surface area contributed by atoms with E-state index in [9.17, 15) is 0 Å². The molecule has 0 aliphatic rings. The first kappa shape index (κ1) is 11.5. The second-order valence-electron chi connectivity index (χ2n) is 3.05. The summed E-state index contributed by atoms with van der Waals surface area (Å²) in [5.74, 6) is 0.857. The van der Waals surface area contributed by atoms with Crippen LogP contribution in [0, 0.1) is 0 Å². The number of aliphatic hydroxyl groups is 1. The molecular formula is C11H15BrO2. The van der Waals surface area contributed by atoms with E-state index in [-0.39, 0.29) is 11.6 Å². The average molecular weight is 259 g/mol. The van der Waals surface area contributed by atoms with Crippen molar-refractivity contribution in [2.24, 2.45) is 0 Å². The van der Waals surface area contributed by atoms with Crippen molar-refractivity contribution in [1.29, 1.82) is 0 Å². The predicted octanol–water partition coefficient (Wildman–Crippen LogP) is 2.73. The van der Waals surface area contributed by atoms with Crippen molar-refractivity contribution in [2.75, 3.05) is 6.61 Å². The van der Waals surface area contributed by atoms with Crippen molar-refractivity contribution < 1.29 is 9.84 Å². The number of hydrogen-bond donors (Lipinski definition) is 1. The molecular weight excluding hydrogens is 244 g/mol. The Morgan fingerprint density at radius 2 is 2.00 bits per heavy atom. The number of hydrogen-bond acceptors (Lipinski definition) is 2. The highest BCUT2D eigenvalue weighted by molar-refractivity contribution is 9.09. The fourth-order valence-corrected chi connectivity index (χ4v) is 1.31. The van der Waals surface area contributed by atoms with Crippen LogP contribution in [0.25, 0.3) is 0 Å². The van der Waals surface area contributed by atoms with Gasteiger partial charge in [-0.3, -0.25) is 0 Å². The van der Waals surface area contributed by atoms with Crippen molar-refractivity contribution >= 4 is 15.9 Å².